The number of nitrogens with zero attached hydrogens (tertiary/aromatic N) is 2. The van der Waals surface area contributed by atoms with Crippen LogP contribution in [0.4, 0.5) is 10.5 Å². The number of hydrogen-bond donors (Lipinski definition) is 3. The maximum atomic E-state index is 13.1. The fourth-order valence-corrected chi connectivity index (χ4v) is 3.52. The third-order valence-corrected chi connectivity index (χ3v) is 5.17. The van der Waals surface area contributed by atoms with Gasteiger partial charge in [-0.05, 0) is 42.3 Å². The van der Waals surface area contributed by atoms with Gasteiger partial charge < -0.3 is 10.2 Å². The van der Waals surface area contributed by atoms with Gasteiger partial charge >= 0.3 is 6.03 Å². The summed E-state index contributed by atoms with van der Waals surface area (Å²) >= 11 is 3.48. The van der Waals surface area contributed by atoms with Crippen molar-refractivity contribution in [3.05, 3.63) is 64.1 Å². The van der Waals surface area contributed by atoms with Crippen molar-refractivity contribution >= 4 is 33.6 Å². The van der Waals surface area contributed by atoms with E-state index in [-0.39, 0.29) is 6.03 Å². The van der Waals surface area contributed by atoms with Crippen molar-refractivity contribution in [2.24, 2.45) is 0 Å². The minimum Gasteiger partial charge on any atom is -0.322 e. The second-order valence-corrected chi connectivity index (χ2v) is 7.45. The zero-order valence-corrected chi connectivity index (χ0v) is 17.0. The molecule has 2 aromatic carbocycles. The number of carbonyl (C=O) groups excluding carboxylic acids is 2. The van der Waals surface area contributed by atoms with Gasteiger partial charge in [0.05, 0.1) is 0 Å². The van der Waals surface area contributed by atoms with E-state index in [1.54, 1.807) is 22.5 Å². The Hall–Kier alpha value is -2.42. The Bertz CT molecular complexity index is 822. The third-order valence-electron chi connectivity index (χ3n) is 4.68. The first-order chi connectivity index (χ1) is 13.6. The van der Waals surface area contributed by atoms with Gasteiger partial charge in [0.25, 0.3) is 5.91 Å². The molecule has 1 aliphatic heterocycles. The average Bonchev–Trinajstić information content (AvgIpc) is 2.74. The summed E-state index contributed by atoms with van der Waals surface area (Å²) in [6.45, 7) is 3.49. The molecule has 0 saturated carbocycles. The van der Waals surface area contributed by atoms with E-state index in [0.29, 0.717) is 31.6 Å². The average molecular weight is 447 g/mol. The van der Waals surface area contributed by atoms with Crippen molar-refractivity contribution in [2.75, 3.05) is 37.6 Å². The summed E-state index contributed by atoms with van der Waals surface area (Å²) < 4.78 is 0.919. The lowest BCUT2D eigenvalue weighted by molar-refractivity contribution is 0.0706. The number of nitrogens with one attached hydrogen (secondary N) is 2. The van der Waals surface area contributed by atoms with Gasteiger partial charge in [0.2, 0.25) is 0 Å². The molecular weight excluding hydrogens is 424 g/mol. The SMILES string of the molecule is O=C(NO)c1ccc(CCN(C(=O)N2CCNCC2)c2cccc(Br)c2)cc1. The van der Waals surface area contributed by atoms with Crippen LogP contribution < -0.4 is 15.7 Å². The summed E-state index contributed by atoms with van der Waals surface area (Å²) in [4.78, 5) is 28.2. The molecule has 3 rings (SSSR count). The molecule has 8 heteroatoms. The summed E-state index contributed by atoms with van der Waals surface area (Å²) in [5.41, 5.74) is 3.85. The van der Waals surface area contributed by atoms with Gasteiger partial charge in [-0.1, -0.05) is 34.1 Å². The van der Waals surface area contributed by atoms with Crippen LogP contribution in [0.15, 0.2) is 53.0 Å². The van der Waals surface area contributed by atoms with Gasteiger partial charge in [0.1, 0.15) is 0 Å². The molecule has 0 atom stereocenters. The Labute approximate surface area is 172 Å². The Balaban J connectivity index is 1.75. The highest BCUT2D eigenvalue weighted by atomic mass is 79.9. The molecule has 2 aromatic rings. The van der Waals surface area contributed by atoms with Crippen molar-refractivity contribution in [3.63, 3.8) is 0 Å². The van der Waals surface area contributed by atoms with Gasteiger partial charge in [-0.3, -0.25) is 14.9 Å². The number of benzene rings is 2. The monoisotopic (exact) mass is 446 g/mol. The first kappa shape index (κ1) is 20.3. The van der Waals surface area contributed by atoms with E-state index in [1.807, 2.05) is 41.3 Å². The molecule has 7 nitrogen and oxygen atoms in total. The van der Waals surface area contributed by atoms with Crippen LogP contribution >= 0.6 is 15.9 Å². The molecule has 28 heavy (non-hydrogen) atoms. The van der Waals surface area contributed by atoms with Crippen molar-refractivity contribution < 1.29 is 14.8 Å². The molecule has 0 bridgehead atoms. The second kappa shape index (κ2) is 9.68. The smallest absolute Gasteiger partial charge is 0.322 e. The minimum absolute atomic E-state index is 0.00382. The largest absolute Gasteiger partial charge is 0.324 e. The van der Waals surface area contributed by atoms with E-state index >= 15 is 0 Å². The van der Waals surface area contributed by atoms with E-state index in [0.717, 1.165) is 28.8 Å². The number of amides is 3. The highest BCUT2D eigenvalue weighted by Gasteiger charge is 2.23. The lowest BCUT2D eigenvalue weighted by Gasteiger charge is -2.33. The number of hydrogen-bond acceptors (Lipinski definition) is 4. The van der Waals surface area contributed by atoms with Crippen LogP contribution in [0.5, 0.6) is 0 Å². The first-order valence-electron chi connectivity index (χ1n) is 9.14. The lowest BCUT2D eigenvalue weighted by atomic mass is 10.1. The number of urea groups is 1. The van der Waals surface area contributed by atoms with Crippen LogP contribution in [-0.4, -0.2) is 54.8 Å². The Morgan fingerprint density at radius 2 is 1.86 bits per heavy atom. The summed E-state index contributed by atoms with van der Waals surface area (Å²) in [6, 6.07) is 14.7. The van der Waals surface area contributed by atoms with Crippen molar-refractivity contribution in [2.45, 2.75) is 6.42 Å². The van der Waals surface area contributed by atoms with E-state index < -0.39 is 5.91 Å². The van der Waals surface area contributed by atoms with E-state index in [1.165, 1.54) is 0 Å². The Morgan fingerprint density at radius 1 is 1.14 bits per heavy atom. The lowest BCUT2D eigenvalue weighted by Crippen LogP contribution is -2.52. The molecule has 0 spiro atoms. The summed E-state index contributed by atoms with van der Waals surface area (Å²) in [5.74, 6) is -0.545. The predicted molar refractivity (Wildman–Crippen MR) is 111 cm³/mol. The third kappa shape index (κ3) is 5.09. The number of hydroxylamine groups is 1. The van der Waals surface area contributed by atoms with Gasteiger partial charge in [-0.25, -0.2) is 10.3 Å². The van der Waals surface area contributed by atoms with Crippen molar-refractivity contribution in [1.82, 2.24) is 15.7 Å². The highest BCUT2D eigenvalue weighted by Crippen LogP contribution is 2.22. The molecule has 148 valence electrons. The van der Waals surface area contributed by atoms with Gasteiger partial charge in [-0.15, -0.1) is 0 Å². The predicted octanol–water partition coefficient (Wildman–Crippen LogP) is 2.64. The fraction of sp³-hybridized carbons (Fsp3) is 0.300. The van der Waals surface area contributed by atoms with Crippen molar-refractivity contribution in [3.8, 4) is 0 Å². The molecule has 3 N–H and O–H groups in total. The van der Waals surface area contributed by atoms with Crippen LogP contribution in [-0.2, 0) is 6.42 Å². The Kier molecular flexibility index (Phi) is 7.02. The molecule has 3 amide bonds. The summed E-state index contributed by atoms with van der Waals surface area (Å²) in [6.07, 6.45) is 0.644. The molecular formula is C20H23BrN4O3. The molecule has 0 aliphatic carbocycles. The normalized spacial score (nSPS) is 13.9. The number of halogens is 1. The van der Waals surface area contributed by atoms with Crippen LogP contribution in [0.1, 0.15) is 15.9 Å². The van der Waals surface area contributed by atoms with Crippen molar-refractivity contribution in [1.29, 1.82) is 0 Å². The Morgan fingerprint density at radius 3 is 2.50 bits per heavy atom. The van der Waals surface area contributed by atoms with Gasteiger partial charge in [0.15, 0.2) is 0 Å². The van der Waals surface area contributed by atoms with Gasteiger partial charge in [-0.2, -0.15) is 0 Å². The fourth-order valence-electron chi connectivity index (χ4n) is 3.13. The van der Waals surface area contributed by atoms with E-state index in [4.69, 9.17) is 5.21 Å². The highest BCUT2D eigenvalue weighted by molar-refractivity contribution is 9.10. The zero-order valence-electron chi connectivity index (χ0n) is 15.4. The number of piperazine rings is 1. The number of anilines is 1. The maximum absolute atomic E-state index is 13.1. The van der Waals surface area contributed by atoms with Crippen LogP contribution in [0.25, 0.3) is 0 Å². The maximum Gasteiger partial charge on any atom is 0.324 e. The van der Waals surface area contributed by atoms with E-state index in [9.17, 15) is 9.59 Å². The van der Waals surface area contributed by atoms with E-state index in [2.05, 4.69) is 21.2 Å². The molecule has 0 radical (unpaired) electrons. The first-order valence-corrected chi connectivity index (χ1v) is 9.94. The molecule has 0 aromatic heterocycles. The zero-order chi connectivity index (χ0) is 19.9. The quantitative estimate of drug-likeness (QED) is 0.486. The topological polar surface area (TPSA) is 84.9 Å². The minimum atomic E-state index is -0.545. The van der Waals surface area contributed by atoms with Crippen LogP contribution in [0.3, 0.4) is 0 Å². The number of rotatable bonds is 5. The summed E-state index contributed by atoms with van der Waals surface area (Å²) in [5, 5.41) is 12.0. The molecule has 1 heterocycles. The van der Waals surface area contributed by atoms with Crippen LogP contribution in [0.2, 0.25) is 0 Å². The van der Waals surface area contributed by atoms with Crippen LogP contribution in [0, 0.1) is 0 Å². The standard InChI is InChI=1S/C20H23BrN4O3/c21-17-2-1-3-18(14-17)25(20(27)24-12-9-22-10-13-24)11-8-15-4-6-16(7-5-15)19(26)23-28/h1-7,14,22,28H,8-13H2,(H,23,26). The molecule has 0 unspecified atom stereocenters. The van der Waals surface area contributed by atoms with Gasteiger partial charge in [0, 0.05) is 48.4 Å². The second-order valence-electron chi connectivity index (χ2n) is 6.54. The molecule has 1 fully saturated rings. The molecule has 1 saturated heterocycles. The number of carbonyl (C=O) groups is 2. The molecule has 1 aliphatic rings. The summed E-state index contributed by atoms with van der Waals surface area (Å²) in [7, 11) is 0.